The monoisotopic (exact) mass is 335 g/mol. The van der Waals surface area contributed by atoms with Crippen molar-refractivity contribution < 1.29 is 4.79 Å². The van der Waals surface area contributed by atoms with Gasteiger partial charge < -0.3 is 5.32 Å². The smallest absolute Gasteiger partial charge is 0.224 e. The molecule has 0 aliphatic carbocycles. The molecule has 4 rings (SSSR count). The van der Waals surface area contributed by atoms with Crippen LogP contribution in [0.4, 0.5) is 0 Å². The lowest BCUT2D eigenvalue weighted by Crippen LogP contribution is -2.38. The zero-order valence-electron chi connectivity index (χ0n) is 14.5. The van der Waals surface area contributed by atoms with Crippen molar-refractivity contribution in [3.8, 4) is 0 Å². The van der Waals surface area contributed by atoms with Crippen LogP contribution in [0.3, 0.4) is 0 Å². The van der Waals surface area contributed by atoms with Crippen LogP contribution in [0.2, 0.25) is 0 Å². The lowest BCUT2D eigenvalue weighted by molar-refractivity contribution is -0.125. The maximum atomic E-state index is 12.8. The Balaban J connectivity index is 1.39. The second-order valence-electron chi connectivity index (χ2n) is 7.12. The Morgan fingerprint density at radius 2 is 2.08 bits per heavy atom. The lowest BCUT2D eigenvalue weighted by Gasteiger charge is -2.24. The summed E-state index contributed by atoms with van der Waals surface area (Å²) in [4.78, 5) is 19.5. The van der Waals surface area contributed by atoms with Crippen LogP contribution >= 0.6 is 0 Å². The van der Waals surface area contributed by atoms with Crippen molar-refractivity contribution in [1.82, 2.24) is 15.2 Å². The molecule has 0 spiro atoms. The standard InChI is InChI=1S/C21H25N3O/c25-21(23-12-10-16-6-4-11-22-15-16)18-14-20(17-7-2-1-3-8-17)24-13-5-9-19(18)24/h1-4,6-8,11,15,18-20H,5,9-10,12-14H2,(H,23,25)/t18-,19+,20-/m0/s1. The summed E-state index contributed by atoms with van der Waals surface area (Å²) in [6.07, 6.45) is 7.76. The van der Waals surface area contributed by atoms with Crippen LogP contribution in [0.5, 0.6) is 0 Å². The quantitative estimate of drug-likeness (QED) is 0.914. The van der Waals surface area contributed by atoms with Gasteiger partial charge in [0.15, 0.2) is 0 Å². The molecule has 2 aliphatic rings. The normalized spacial score (nSPS) is 25.7. The molecule has 2 fully saturated rings. The topological polar surface area (TPSA) is 45.2 Å². The second kappa shape index (κ2) is 7.36. The van der Waals surface area contributed by atoms with Crippen LogP contribution in [0.15, 0.2) is 54.9 Å². The van der Waals surface area contributed by atoms with E-state index < -0.39 is 0 Å². The number of fused-ring (bicyclic) bond motifs is 1. The van der Waals surface area contributed by atoms with Crippen molar-refractivity contribution in [2.24, 2.45) is 5.92 Å². The molecule has 0 unspecified atom stereocenters. The predicted molar refractivity (Wildman–Crippen MR) is 98.0 cm³/mol. The van der Waals surface area contributed by atoms with Crippen LogP contribution in [0.1, 0.15) is 36.4 Å². The molecule has 2 aliphatic heterocycles. The molecule has 4 heteroatoms. The van der Waals surface area contributed by atoms with Crippen LogP contribution in [0.25, 0.3) is 0 Å². The molecule has 2 saturated heterocycles. The first-order valence-electron chi connectivity index (χ1n) is 9.30. The predicted octanol–water partition coefficient (Wildman–Crippen LogP) is 2.97. The van der Waals surface area contributed by atoms with E-state index in [1.165, 1.54) is 17.5 Å². The number of hydrogen-bond acceptors (Lipinski definition) is 3. The summed E-state index contributed by atoms with van der Waals surface area (Å²) in [6.45, 7) is 1.80. The van der Waals surface area contributed by atoms with E-state index in [0.29, 0.717) is 18.6 Å². The van der Waals surface area contributed by atoms with Crippen LogP contribution in [-0.2, 0) is 11.2 Å². The largest absolute Gasteiger partial charge is 0.355 e. The molecule has 0 radical (unpaired) electrons. The van der Waals surface area contributed by atoms with Gasteiger partial charge in [0, 0.05) is 31.0 Å². The fourth-order valence-electron chi connectivity index (χ4n) is 4.46. The summed E-state index contributed by atoms with van der Waals surface area (Å²) < 4.78 is 0. The Morgan fingerprint density at radius 1 is 1.20 bits per heavy atom. The van der Waals surface area contributed by atoms with E-state index in [0.717, 1.165) is 25.8 Å². The molecule has 25 heavy (non-hydrogen) atoms. The highest BCUT2D eigenvalue weighted by atomic mass is 16.2. The number of hydrogen-bond donors (Lipinski definition) is 1. The van der Waals surface area contributed by atoms with Gasteiger partial charge in [-0.15, -0.1) is 0 Å². The average Bonchev–Trinajstić information content (AvgIpc) is 3.26. The van der Waals surface area contributed by atoms with Gasteiger partial charge in [0.1, 0.15) is 0 Å². The molecule has 1 N–H and O–H groups in total. The number of nitrogens with one attached hydrogen (secondary N) is 1. The SMILES string of the molecule is O=C(NCCc1cccnc1)[C@H]1C[C@@H](c2ccccc2)N2CCC[C@H]12. The molecule has 0 saturated carbocycles. The molecule has 3 heterocycles. The summed E-state index contributed by atoms with van der Waals surface area (Å²) in [7, 11) is 0. The molecule has 4 nitrogen and oxygen atoms in total. The molecule has 2 aromatic rings. The van der Waals surface area contributed by atoms with Crippen molar-refractivity contribution >= 4 is 5.91 Å². The molecular weight excluding hydrogens is 310 g/mol. The minimum Gasteiger partial charge on any atom is -0.355 e. The van der Waals surface area contributed by atoms with Crippen LogP contribution in [-0.4, -0.2) is 34.9 Å². The third-order valence-electron chi connectivity index (χ3n) is 5.64. The number of amides is 1. The van der Waals surface area contributed by atoms with Crippen LogP contribution < -0.4 is 5.32 Å². The van der Waals surface area contributed by atoms with E-state index in [2.05, 4.69) is 51.6 Å². The average molecular weight is 335 g/mol. The number of carbonyl (C=O) groups is 1. The minimum absolute atomic E-state index is 0.113. The molecular formula is C21H25N3O. The fraction of sp³-hybridized carbons (Fsp3) is 0.429. The van der Waals surface area contributed by atoms with E-state index in [1.807, 2.05) is 12.3 Å². The number of nitrogens with zero attached hydrogens (tertiary/aromatic N) is 2. The molecule has 130 valence electrons. The van der Waals surface area contributed by atoms with Gasteiger partial charge in [-0.2, -0.15) is 0 Å². The summed E-state index contributed by atoms with van der Waals surface area (Å²) in [5, 5.41) is 3.16. The van der Waals surface area contributed by atoms with Gasteiger partial charge in [-0.05, 0) is 49.4 Å². The fourth-order valence-corrected chi connectivity index (χ4v) is 4.46. The molecule has 0 bridgehead atoms. The van der Waals surface area contributed by atoms with Gasteiger partial charge in [0.2, 0.25) is 5.91 Å². The Labute approximate surface area is 149 Å². The first-order valence-corrected chi connectivity index (χ1v) is 9.30. The number of rotatable bonds is 5. The number of pyridine rings is 1. The molecule has 1 aromatic carbocycles. The van der Waals surface area contributed by atoms with Gasteiger partial charge in [-0.25, -0.2) is 0 Å². The maximum absolute atomic E-state index is 12.8. The zero-order valence-corrected chi connectivity index (χ0v) is 14.5. The number of carbonyl (C=O) groups excluding carboxylic acids is 1. The minimum atomic E-state index is 0.113. The zero-order chi connectivity index (χ0) is 17.1. The maximum Gasteiger partial charge on any atom is 0.224 e. The Hall–Kier alpha value is -2.20. The van der Waals surface area contributed by atoms with Gasteiger partial charge in [-0.3, -0.25) is 14.7 Å². The third kappa shape index (κ3) is 3.45. The lowest BCUT2D eigenvalue weighted by atomic mass is 9.93. The highest BCUT2D eigenvalue weighted by molar-refractivity contribution is 5.80. The van der Waals surface area contributed by atoms with Crippen molar-refractivity contribution in [2.45, 2.75) is 37.8 Å². The first kappa shape index (κ1) is 16.3. The summed E-state index contributed by atoms with van der Waals surface area (Å²) in [5.74, 6) is 0.334. The van der Waals surface area contributed by atoms with Crippen molar-refractivity contribution in [1.29, 1.82) is 0 Å². The summed E-state index contributed by atoms with van der Waals surface area (Å²) in [5.41, 5.74) is 2.51. The van der Waals surface area contributed by atoms with Gasteiger partial charge >= 0.3 is 0 Å². The highest BCUT2D eigenvalue weighted by Crippen LogP contribution is 2.44. The van der Waals surface area contributed by atoms with E-state index in [1.54, 1.807) is 6.20 Å². The summed E-state index contributed by atoms with van der Waals surface area (Å²) in [6, 6.07) is 15.4. The Bertz CT molecular complexity index is 704. The van der Waals surface area contributed by atoms with E-state index >= 15 is 0 Å². The molecule has 3 atom stereocenters. The number of aromatic nitrogens is 1. The Morgan fingerprint density at radius 3 is 2.88 bits per heavy atom. The van der Waals surface area contributed by atoms with Gasteiger partial charge in [0.05, 0.1) is 5.92 Å². The van der Waals surface area contributed by atoms with Gasteiger partial charge in [0.25, 0.3) is 0 Å². The molecule has 1 aromatic heterocycles. The van der Waals surface area contributed by atoms with E-state index in [4.69, 9.17) is 0 Å². The van der Waals surface area contributed by atoms with Crippen LogP contribution in [0, 0.1) is 5.92 Å². The third-order valence-corrected chi connectivity index (χ3v) is 5.64. The second-order valence-corrected chi connectivity index (χ2v) is 7.12. The van der Waals surface area contributed by atoms with E-state index in [-0.39, 0.29) is 11.8 Å². The van der Waals surface area contributed by atoms with E-state index in [9.17, 15) is 4.79 Å². The molecule has 1 amide bonds. The van der Waals surface area contributed by atoms with Crippen molar-refractivity contribution in [3.05, 3.63) is 66.0 Å². The number of benzene rings is 1. The van der Waals surface area contributed by atoms with Crippen molar-refractivity contribution in [2.75, 3.05) is 13.1 Å². The Kier molecular flexibility index (Phi) is 4.79. The highest BCUT2D eigenvalue weighted by Gasteiger charge is 2.46. The summed E-state index contributed by atoms with van der Waals surface area (Å²) >= 11 is 0. The van der Waals surface area contributed by atoms with Gasteiger partial charge in [-0.1, -0.05) is 36.4 Å². The first-order chi connectivity index (χ1) is 12.3. The van der Waals surface area contributed by atoms with Crippen molar-refractivity contribution in [3.63, 3.8) is 0 Å².